The van der Waals surface area contributed by atoms with E-state index in [1.165, 1.54) is 0 Å². The van der Waals surface area contributed by atoms with Crippen molar-refractivity contribution in [3.63, 3.8) is 0 Å². The first kappa shape index (κ1) is 13.7. The van der Waals surface area contributed by atoms with Crippen molar-refractivity contribution in [3.8, 4) is 0 Å². The highest BCUT2D eigenvalue weighted by atomic mass is 16.1. The van der Waals surface area contributed by atoms with Gasteiger partial charge in [0, 0.05) is 13.5 Å². The highest BCUT2D eigenvalue weighted by Gasteiger charge is 2.12. The smallest absolute Gasteiger partial charge is 0.140 e. The van der Waals surface area contributed by atoms with Crippen molar-refractivity contribution in [3.05, 3.63) is 30.1 Å². The van der Waals surface area contributed by atoms with Crippen molar-refractivity contribution in [1.29, 1.82) is 0 Å². The van der Waals surface area contributed by atoms with E-state index >= 15 is 0 Å². The molecule has 4 heteroatoms. The van der Waals surface area contributed by atoms with Crippen molar-refractivity contribution in [2.24, 2.45) is 18.7 Å². The van der Waals surface area contributed by atoms with Gasteiger partial charge in [-0.1, -0.05) is 19.1 Å². The van der Waals surface area contributed by atoms with E-state index in [1.807, 2.05) is 35.9 Å². The molecule has 2 rings (SSSR count). The number of imidazole rings is 1. The molecule has 0 aliphatic heterocycles. The number of benzene rings is 1. The Labute approximate surface area is 113 Å². The number of hydrogen-bond acceptors (Lipinski definition) is 3. The predicted octanol–water partition coefficient (Wildman–Crippen LogP) is 2.06. The molecule has 0 saturated heterocycles. The molecule has 0 bridgehead atoms. The number of para-hydroxylation sites is 2. The van der Waals surface area contributed by atoms with Gasteiger partial charge in [0.25, 0.3) is 0 Å². The third kappa shape index (κ3) is 3.20. The molecule has 102 valence electrons. The molecule has 0 aliphatic carbocycles. The summed E-state index contributed by atoms with van der Waals surface area (Å²) in [4.78, 5) is 16.5. The Balaban J connectivity index is 2.05. The van der Waals surface area contributed by atoms with Crippen LogP contribution in [0.1, 0.15) is 25.6 Å². The van der Waals surface area contributed by atoms with Crippen LogP contribution in [0.15, 0.2) is 24.3 Å². The maximum absolute atomic E-state index is 12.0. The number of aromatic nitrogens is 2. The number of rotatable bonds is 6. The fourth-order valence-corrected chi connectivity index (χ4v) is 2.14. The summed E-state index contributed by atoms with van der Waals surface area (Å²) in [6.07, 6.45) is 1.85. The second-order valence-electron chi connectivity index (χ2n) is 5.17. The van der Waals surface area contributed by atoms with Gasteiger partial charge < -0.3 is 10.3 Å². The Kier molecular flexibility index (Phi) is 4.32. The summed E-state index contributed by atoms with van der Waals surface area (Å²) >= 11 is 0. The van der Waals surface area contributed by atoms with Crippen molar-refractivity contribution in [2.45, 2.75) is 26.2 Å². The minimum Gasteiger partial charge on any atom is -0.331 e. The van der Waals surface area contributed by atoms with Gasteiger partial charge in [-0.15, -0.1) is 0 Å². The lowest BCUT2D eigenvalue weighted by Crippen LogP contribution is -2.14. The number of hydrogen-bond donors (Lipinski definition) is 1. The second kappa shape index (κ2) is 5.97. The molecule has 2 aromatic rings. The summed E-state index contributed by atoms with van der Waals surface area (Å²) in [6, 6.07) is 7.94. The fourth-order valence-electron chi connectivity index (χ4n) is 2.14. The molecule has 1 heterocycles. The van der Waals surface area contributed by atoms with Crippen LogP contribution in [0.5, 0.6) is 0 Å². The molecule has 0 spiro atoms. The summed E-state index contributed by atoms with van der Waals surface area (Å²) in [5, 5.41) is 0. The lowest BCUT2D eigenvalue weighted by Gasteiger charge is -2.07. The first-order valence-corrected chi connectivity index (χ1v) is 6.74. The molecule has 2 N–H and O–H groups in total. The third-order valence-electron chi connectivity index (χ3n) is 3.55. The van der Waals surface area contributed by atoms with Crippen molar-refractivity contribution in [2.75, 3.05) is 6.54 Å². The van der Waals surface area contributed by atoms with E-state index in [1.54, 1.807) is 0 Å². The monoisotopic (exact) mass is 259 g/mol. The molecule has 1 aromatic carbocycles. The second-order valence-corrected chi connectivity index (χ2v) is 5.17. The van der Waals surface area contributed by atoms with Gasteiger partial charge in [0.15, 0.2) is 0 Å². The molecule has 0 saturated carbocycles. The Morgan fingerprint density at radius 2 is 2.16 bits per heavy atom. The van der Waals surface area contributed by atoms with Crippen LogP contribution in [-0.4, -0.2) is 21.9 Å². The average Bonchev–Trinajstić information content (AvgIpc) is 2.73. The van der Waals surface area contributed by atoms with Gasteiger partial charge in [0.05, 0.1) is 17.5 Å². The first-order chi connectivity index (χ1) is 9.11. The number of ketones is 1. The number of nitrogens with two attached hydrogens (primary N) is 1. The Bertz CT molecular complexity index is 574. The molecule has 0 aliphatic rings. The van der Waals surface area contributed by atoms with Crippen LogP contribution in [0.2, 0.25) is 0 Å². The van der Waals surface area contributed by atoms with Crippen LogP contribution in [0, 0.1) is 5.92 Å². The molecular weight excluding hydrogens is 238 g/mol. The number of carbonyl (C=O) groups excluding carboxylic acids is 1. The molecule has 1 unspecified atom stereocenters. The molecule has 0 radical (unpaired) electrons. The van der Waals surface area contributed by atoms with Crippen LogP contribution in [0.25, 0.3) is 11.0 Å². The maximum atomic E-state index is 12.0. The van der Waals surface area contributed by atoms with Crippen molar-refractivity contribution < 1.29 is 4.79 Å². The van der Waals surface area contributed by atoms with E-state index in [4.69, 9.17) is 5.73 Å². The van der Waals surface area contributed by atoms with Gasteiger partial charge in [-0.2, -0.15) is 0 Å². The zero-order valence-electron chi connectivity index (χ0n) is 11.6. The Hall–Kier alpha value is -1.68. The van der Waals surface area contributed by atoms with Gasteiger partial charge in [-0.05, 0) is 31.0 Å². The zero-order valence-corrected chi connectivity index (χ0v) is 11.6. The lowest BCUT2D eigenvalue weighted by atomic mass is 10.0. The van der Waals surface area contributed by atoms with Crippen LogP contribution in [-0.2, 0) is 18.3 Å². The minimum atomic E-state index is 0.235. The molecule has 4 nitrogen and oxygen atoms in total. The van der Waals surface area contributed by atoms with E-state index in [-0.39, 0.29) is 5.78 Å². The number of carbonyl (C=O) groups is 1. The van der Waals surface area contributed by atoms with Gasteiger partial charge in [-0.25, -0.2) is 4.98 Å². The highest BCUT2D eigenvalue weighted by molar-refractivity contribution is 5.82. The number of Topliss-reactive ketones (excluding diaryl/α,β-unsaturated/α-hetero) is 1. The van der Waals surface area contributed by atoms with Crippen molar-refractivity contribution >= 4 is 16.8 Å². The third-order valence-corrected chi connectivity index (χ3v) is 3.55. The van der Waals surface area contributed by atoms with E-state index < -0.39 is 0 Å². The SMILES string of the molecule is CC(CN)CCC(=O)Cc1nc2ccccc2n1C. The predicted molar refractivity (Wildman–Crippen MR) is 76.9 cm³/mol. The summed E-state index contributed by atoms with van der Waals surface area (Å²) in [6.45, 7) is 2.71. The molecule has 1 atom stereocenters. The summed E-state index contributed by atoms with van der Waals surface area (Å²) < 4.78 is 2.00. The molecule has 19 heavy (non-hydrogen) atoms. The fraction of sp³-hybridized carbons (Fsp3) is 0.467. The molecular formula is C15H21N3O. The molecule has 0 fully saturated rings. The largest absolute Gasteiger partial charge is 0.331 e. The highest BCUT2D eigenvalue weighted by Crippen LogP contribution is 2.15. The Morgan fingerprint density at radius 1 is 1.42 bits per heavy atom. The van der Waals surface area contributed by atoms with E-state index in [9.17, 15) is 4.79 Å². The normalized spacial score (nSPS) is 12.8. The number of aryl methyl sites for hydroxylation is 1. The van der Waals surface area contributed by atoms with Crippen LogP contribution in [0.3, 0.4) is 0 Å². The van der Waals surface area contributed by atoms with Gasteiger partial charge in [-0.3, -0.25) is 4.79 Å². The number of fused-ring (bicyclic) bond motifs is 1. The van der Waals surface area contributed by atoms with Gasteiger partial charge in [0.1, 0.15) is 11.6 Å². The minimum absolute atomic E-state index is 0.235. The van der Waals surface area contributed by atoms with Crippen LogP contribution in [0.4, 0.5) is 0 Å². The standard InChI is InChI=1S/C15H21N3O/c1-11(10-16)7-8-12(19)9-15-17-13-5-3-4-6-14(13)18(15)2/h3-6,11H,7-10,16H2,1-2H3. The summed E-state index contributed by atoms with van der Waals surface area (Å²) in [5.74, 6) is 1.48. The van der Waals surface area contributed by atoms with E-state index in [0.717, 1.165) is 23.3 Å². The van der Waals surface area contributed by atoms with Crippen LogP contribution >= 0.6 is 0 Å². The molecule has 0 amide bonds. The van der Waals surface area contributed by atoms with E-state index in [0.29, 0.717) is 25.3 Å². The zero-order chi connectivity index (χ0) is 13.8. The van der Waals surface area contributed by atoms with Crippen molar-refractivity contribution in [1.82, 2.24) is 9.55 Å². The summed E-state index contributed by atoms with van der Waals surface area (Å²) in [7, 11) is 1.96. The maximum Gasteiger partial charge on any atom is 0.140 e. The van der Waals surface area contributed by atoms with Gasteiger partial charge in [0.2, 0.25) is 0 Å². The van der Waals surface area contributed by atoms with Gasteiger partial charge >= 0.3 is 0 Å². The summed E-state index contributed by atoms with van der Waals surface area (Å²) in [5.41, 5.74) is 7.58. The Morgan fingerprint density at radius 3 is 2.84 bits per heavy atom. The average molecular weight is 259 g/mol. The topological polar surface area (TPSA) is 60.9 Å². The van der Waals surface area contributed by atoms with E-state index in [2.05, 4.69) is 11.9 Å². The van der Waals surface area contributed by atoms with Crippen LogP contribution < -0.4 is 5.73 Å². The molecule has 1 aromatic heterocycles. The quantitative estimate of drug-likeness (QED) is 0.863. The lowest BCUT2D eigenvalue weighted by molar-refractivity contribution is -0.118. The first-order valence-electron chi connectivity index (χ1n) is 6.74. The number of nitrogens with zero attached hydrogens (tertiary/aromatic N) is 2.